The molecule has 1 heterocycles. The van der Waals surface area contributed by atoms with Crippen molar-refractivity contribution < 1.29 is 12.8 Å². The van der Waals surface area contributed by atoms with Gasteiger partial charge in [0.05, 0.1) is 11.4 Å². The number of hydrogen-bond donors (Lipinski definition) is 1. The zero-order valence-electron chi connectivity index (χ0n) is 15.4. The summed E-state index contributed by atoms with van der Waals surface area (Å²) in [7, 11) is -3.39. The number of sulfone groups is 1. The van der Waals surface area contributed by atoms with Gasteiger partial charge in [-0.05, 0) is 49.6 Å². The molecule has 0 atom stereocenters. The van der Waals surface area contributed by atoms with Crippen LogP contribution < -0.4 is 5.32 Å². The predicted molar refractivity (Wildman–Crippen MR) is 106 cm³/mol. The zero-order chi connectivity index (χ0) is 19.3. The Morgan fingerprint density at radius 2 is 1.81 bits per heavy atom. The highest BCUT2D eigenvalue weighted by atomic mass is 32.2. The fourth-order valence-corrected chi connectivity index (χ4v) is 3.71. The van der Waals surface area contributed by atoms with Crippen molar-refractivity contribution in [3.8, 4) is 0 Å². The summed E-state index contributed by atoms with van der Waals surface area (Å²) in [6.45, 7) is 1.86. The van der Waals surface area contributed by atoms with Gasteiger partial charge >= 0.3 is 0 Å². The molecule has 0 amide bonds. The highest BCUT2D eigenvalue weighted by Gasteiger charge is 2.16. The number of nitrogens with one attached hydrogen (secondary N) is 1. The number of anilines is 1. The molecule has 0 unspecified atom stereocenters. The van der Waals surface area contributed by atoms with E-state index in [1.807, 2.05) is 30.3 Å². The molecule has 3 rings (SSSR count). The summed E-state index contributed by atoms with van der Waals surface area (Å²) < 4.78 is 37.7. The molecule has 1 saturated heterocycles. The lowest BCUT2D eigenvalue weighted by Gasteiger charge is -2.30. The maximum atomic E-state index is 14.2. The predicted octanol–water partition coefficient (Wildman–Crippen LogP) is 3.68. The fraction of sp³-hybridized carbons (Fsp3) is 0.350. The fourth-order valence-electron chi connectivity index (χ4n) is 3.04. The Kier molecular flexibility index (Phi) is 6.11. The third kappa shape index (κ3) is 5.29. The molecule has 0 aliphatic carbocycles. The van der Waals surface area contributed by atoms with Gasteiger partial charge in [-0.3, -0.25) is 0 Å². The minimum absolute atomic E-state index is 0.0703. The Balaban J connectivity index is 1.87. The van der Waals surface area contributed by atoms with Crippen LogP contribution >= 0.6 is 0 Å². The monoisotopic (exact) mass is 389 g/mol. The van der Waals surface area contributed by atoms with Crippen molar-refractivity contribution in [1.29, 1.82) is 0 Å². The Morgan fingerprint density at radius 1 is 1.11 bits per heavy atom. The first-order valence-corrected chi connectivity index (χ1v) is 10.9. The molecule has 2 aromatic carbocycles. The van der Waals surface area contributed by atoms with E-state index in [0.29, 0.717) is 5.96 Å². The Bertz CT molecular complexity index is 908. The van der Waals surface area contributed by atoms with E-state index in [9.17, 15) is 12.8 Å². The molecule has 0 spiro atoms. The topological polar surface area (TPSA) is 61.8 Å². The van der Waals surface area contributed by atoms with E-state index in [-0.39, 0.29) is 17.0 Å². The summed E-state index contributed by atoms with van der Waals surface area (Å²) in [5.41, 5.74) is 1.18. The van der Waals surface area contributed by atoms with Gasteiger partial charge in [-0.1, -0.05) is 18.2 Å². The number of piperidine rings is 1. The highest BCUT2D eigenvalue weighted by molar-refractivity contribution is 7.90. The van der Waals surface area contributed by atoms with E-state index in [1.165, 1.54) is 24.6 Å². The normalized spacial score (nSPS) is 15.6. The summed E-state index contributed by atoms with van der Waals surface area (Å²) in [6.07, 6.45) is 4.49. The van der Waals surface area contributed by atoms with Crippen molar-refractivity contribution in [3.05, 3.63) is 59.9 Å². The maximum Gasteiger partial charge on any atom is 0.198 e. The molecule has 0 aromatic heterocycles. The summed E-state index contributed by atoms with van der Waals surface area (Å²) in [4.78, 5) is 6.86. The van der Waals surface area contributed by atoms with Gasteiger partial charge in [-0.2, -0.15) is 0 Å². The molecule has 0 saturated carbocycles. The Hall–Kier alpha value is -2.41. The minimum Gasteiger partial charge on any atom is -0.343 e. The van der Waals surface area contributed by atoms with E-state index in [1.54, 1.807) is 0 Å². The van der Waals surface area contributed by atoms with E-state index >= 15 is 0 Å². The number of para-hydroxylation sites is 1. The molecule has 144 valence electrons. The molecule has 1 aliphatic rings. The second-order valence-electron chi connectivity index (χ2n) is 6.70. The summed E-state index contributed by atoms with van der Waals surface area (Å²) in [6, 6.07) is 13.5. The Labute approximate surface area is 159 Å². The van der Waals surface area contributed by atoms with Gasteiger partial charge in [0.15, 0.2) is 15.8 Å². The number of rotatable bonds is 4. The second kappa shape index (κ2) is 8.52. The van der Waals surface area contributed by atoms with Crippen LogP contribution in [0.5, 0.6) is 0 Å². The van der Waals surface area contributed by atoms with Crippen LogP contribution in [0.3, 0.4) is 0 Å². The van der Waals surface area contributed by atoms with Gasteiger partial charge in [-0.15, -0.1) is 0 Å². The molecule has 0 bridgehead atoms. The summed E-state index contributed by atoms with van der Waals surface area (Å²) in [5, 5.41) is 3.32. The number of benzene rings is 2. The number of hydrogen-bond acceptors (Lipinski definition) is 3. The maximum absolute atomic E-state index is 14.2. The van der Waals surface area contributed by atoms with Gasteiger partial charge in [0.2, 0.25) is 0 Å². The smallest absolute Gasteiger partial charge is 0.198 e. The molecule has 27 heavy (non-hydrogen) atoms. The second-order valence-corrected chi connectivity index (χ2v) is 8.72. The van der Waals surface area contributed by atoms with Crippen LogP contribution in [0.2, 0.25) is 0 Å². The lowest BCUT2D eigenvalue weighted by Crippen LogP contribution is -2.40. The van der Waals surface area contributed by atoms with Crippen LogP contribution in [0.1, 0.15) is 24.8 Å². The molecule has 1 N–H and O–H groups in total. The van der Waals surface area contributed by atoms with Gasteiger partial charge in [-0.25, -0.2) is 17.8 Å². The van der Waals surface area contributed by atoms with Crippen molar-refractivity contribution in [1.82, 2.24) is 4.90 Å². The average Bonchev–Trinajstić information content (AvgIpc) is 2.67. The lowest BCUT2D eigenvalue weighted by atomic mass is 10.1. The van der Waals surface area contributed by atoms with Gasteiger partial charge in [0.25, 0.3) is 0 Å². The lowest BCUT2D eigenvalue weighted by molar-refractivity contribution is 0.340. The molecule has 2 aromatic rings. The molecular weight excluding hydrogens is 365 g/mol. The quantitative estimate of drug-likeness (QED) is 0.492. The van der Waals surface area contributed by atoms with Crippen LogP contribution in [0, 0.1) is 5.82 Å². The van der Waals surface area contributed by atoms with Crippen molar-refractivity contribution >= 4 is 21.5 Å². The molecule has 1 fully saturated rings. The highest BCUT2D eigenvalue weighted by Crippen LogP contribution is 2.18. The first-order valence-electron chi connectivity index (χ1n) is 9.03. The van der Waals surface area contributed by atoms with Crippen molar-refractivity contribution in [2.45, 2.75) is 30.7 Å². The largest absolute Gasteiger partial charge is 0.343 e. The van der Waals surface area contributed by atoms with Gasteiger partial charge in [0, 0.05) is 30.6 Å². The van der Waals surface area contributed by atoms with Crippen LogP contribution in [-0.4, -0.2) is 38.6 Å². The number of likely N-dealkylation sites (tertiary alicyclic amines) is 1. The Morgan fingerprint density at radius 3 is 2.48 bits per heavy atom. The van der Waals surface area contributed by atoms with E-state index in [0.717, 1.165) is 37.9 Å². The van der Waals surface area contributed by atoms with Crippen LogP contribution in [-0.2, 0) is 16.4 Å². The average molecular weight is 389 g/mol. The first-order chi connectivity index (χ1) is 12.9. The van der Waals surface area contributed by atoms with Crippen LogP contribution in [0.4, 0.5) is 10.1 Å². The number of nitrogens with zero attached hydrogens (tertiary/aromatic N) is 2. The van der Waals surface area contributed by atoms with Crippen molar-refractivity contribution in [3.63, 3.8) is 0 Å². The van der Waals surface area contributed by atoms with E-state index < -0.39 is 15.7 Å². The minimum atomic E-state index is -3.39. The molecule has 7 heteroatoms. The van der Waals surface area contributed by atoms with Crippen LogP contribution in [0.25, 0.3) is 0 Å². The van der Waals surface area contributed by atoms with Crippen molar-refractivity contribution in [2.75, 3.05) is 24.7 Å². The standard InChI is InChI=1S/C20H24FN3O2S/c1-27(25,26)18-10-11-19(21)16(14-18)15-22-20(24-12-6-3-7-13-24)23-17-8-4-2-5-9-17/h2,4-5,8-11,14H,3,6-7,12-13,15H2,1H3,(H,22,23). The molecular formula is C20H24FN3O2S. The SMILES string of the molecule is CS(=O)(=O)c1ccc(F)c(CN=C(Nc2ccccc2)N2CCCCC2)c1. The van der Waals surface area contributed by atoms with Crippen LogP contribution in [0.15, 0.2) is 58.4 Å². The summed E-state index contributed by atoms with van der Waals surface area (Å²) in [5.74, 6) is 0.230. The summed E-state index contributed by atoms with van der Waals surface area (Å²) >= 11 is 0. The molecule has 1 aliphatic heterocycles. The van der Waals surface area contributed by atoms with E-state index in [2.05, 4.69) is 15.2 Å². The molecule has 0 radical (unpaired) electrons. The number of aliphatic imine (C=N–C) groups is 1. The van der Waals surface area contributed by atoms with E-state index in [4.69, 9.17) is 0 Å². The first kappa shape index (κ1) is 19.4. The third-order valence-electron chi connectivity index (χ3n) is 4.53. The number of guanidine groups is 1. The third-order valence-corrected chi connectivity index (χ3v) is 5.64. The van der Waals surface area contributed by atoms with Crippen molar-refractivity contribution in [2.24, 2.45) is 4.99 Å². The molecule has 5 nitrogen and oxygen atoms in total. The zero-order valence-corrected chi connectivity index (χ0v) is 16.2. The van der Waals surface area contributed by atoms with Gasteiger partial charge in [0.1, 0.15) is 5.82 Å². The number of halogens is 1. The van der Waals surface area contributed by atoms with Gasteiger partial charge < -0.3 is 10.2 Å².